The van der Waals surface area contributed by atoms with Crippen LogP contribution < -0.4 is 0 Å². The Morgan fingerprint density at radius 2 is 1.88 bits per heavy atom. The van der Waals surface area contributed by atoms with Gasteiger partial charge in [0, 0.05) is 17.7 Å². The first kappa shape index (κ1) is 12.3. The smallest absolute Gasteiger partial charge is 0.118 e. The van der Waals surface area contributed by atoms with Gasteiger partial charge in [-0.1, -0.05) is 43.8 Å². The molecule has 0 saturated carbocycles. The van der Waals surface area contributed by atoms with E-state index in [4.69, 9.17) is 4.42 Å². The second-order valence-corrected chi connectivity index (χ2v) is 5.13. The molecule has 0 N–H and O–H groups in total. The van der Waals surface area contributed by atoms with Crippen molar-refractivity contribution < 1.29 is 4.42 Å². The van der Waals surface area contributed by atoms with E-state index in [0.29, 0.717) is 0 Å². The molecule has 1 nitrogen and oxygen atoms in total. The van der Waals surface area contributed by atoms with E-state index in [9.17, 15) is 0 Å². The van der Waals surface area contributed by atoms with Crippen LogP contribution in [0, 0.1) is 0 Å². The molecule has 1 aromatic carbocycles. The van der Waals surface area contributed by atoms with Gasteiger partial charge in [-0.05, 0) is 24.6 Å². The van der Waals surface area contributed by atoms with Crippen molar-refractivity contribution in [1.29, 1.82) is 0 Å². The minimum absolute atomic E-state index is 0.964. The Kier molecular flexibility index (Phi) is 4.32. The monoisotopic (exact) mass is 246 g/mol. The third-order valence-corrected chi connectivity index (χ3v) is 3.69. The Bertz CT molecular complexity index is 459. The zero-order chi connectivity index (χ0) is 12.1. The molecule has 90 valence electrons. The highest BCUT2D eigenvalue weighted by molar-refractivity contribution is 7.99. The van der Waals surface area contributed by atoms with Crippen molar-refractivity contribution in [2.75, 3.05) is 0 Å². The van der Waals surface area contributed by atoms with E-state index >= 15 is 0 Å². The van der Waals surface area contributed by atoms with Gasteiger partial charge < -0.3 is 4.42 Å². The van der Waals surface area contributed by atoms with Crippen LogP contribution >= 0.6 is 11.8 Å². The molecule has 0 atom stereocenters. The van der Waals surface area contributed by atoms with Gasteiger partial charge in [0.05, 0.1) is 4.90 Å². The van der Waals surface area contributed by atoms with E-state index in [1.807, 2.05) is 6.07 Å². The number of benzene rings is 1. The van der Waals surface area contributed by atoms with Gasteiger partial charge in [-0.3, -0.25) is 0 Å². The molecule has 0 spiro atoms. The molecule has 0 aliphatic heterocycles. The summed E-state index contributed by atoms with van der Waals surface area (Å²) in [6.07, 6.45) is 3.11. The normalized spacial score (nSPS) is 10.7. The maximum Gasteiger partial charge on any atom is 0.118 e. The lowest BCUT2D eigenvalue weighted by Gasteiger charge is -2.00. The minimum atomic E-state index is 0.964. The summed E-state index contributed by atoms with van der Waals surface area (Å²) in [5.74, 6) is 2.23. The van der Waals surface area contributed by atoms with E-state index in [2.05, 4.69) is 44.2 Å². The van der Waals surface area contributed by atoms with Gasteiger partial charge in [-0.25, -0.2) is 0 Å². The number of hydrogen-bond acceptors (Lipinski definition) is 2. The maximum atomic E-state index is 5.86. The number of aryl methyl sites for hydroxylation is 2. The van der Waals surface area contributed by atoms with Crippen molar-refractivity contribution in [2.24, 2.45) is 0 Å². The third kappa shape index (κ3) is 3.16. The van der Waals surface area contributed by atoms with Crippen LogP contribution in [0.4, 0.5) is 0 Å². The predicted octanol–water partition coefficient (Wildman–Crippen LogP) is 4.95. The van der Waals surface area contributed by atoms with Crippen LogP contribution in [0.3, 0.4) is 0 Å². The molecule has 17 heavy (non-hydrogen) atoms. The highest BCUT2D eigenvalue weighted by Gasteiger charge is 2.10. The van der Waals surface area contributed by atoms with E-state index in [0.717, 1.165) is 30.8 Å². The van der Waals surface area contributed by atoms with Crippen molar-refractivity contribution >= 4 is 11.8 Å². The Balaban J connectivity index is 2.22. The number of furan rings is 1. The summed E-state index contributed by atoms with van der Waals surface area (Å²) < 4.78 is 5.86. The Morgan fingerprint density at radius 1 is 1.12 bits per heavy atom. The molecule has 2 aromatic rings. The Morgan fingerprint density at radius 3 is 2.53 bits per heavy atom. The fourth-order valence-corrected chi connectivity index (χ4v) is 2.74. The van der Waals surface area contributed by atoms with Crippen molar-refractivity contribution in [2.45, 2.75) is 42.9 Å². The first-order chi connectivity index (χ1) is 8.33. The predicted molar refractivity (Wildman–Crippen MR) is 72.6 cm³/mol. The summed E-state index contributed by atoms with van der Waals surface area (Å²) in [6, 6.07) is 12.6. The molecule has 0 radical (unpaired) electrons. The van der Waals surface area contributed by atoms with Crippen LogP contribution in [-0.4, -0.2) is 0 Å². The summed E-state index contributed by atoms with van der Waals surface area (Å²) >= 11 is 1.80. The highest BCUT2D eigenvalue weighted by atomic mass is 32.2. The highest BCUT2D eigenvalue weighted by Crippen LogP contribution is 2.33. The van der Waals surface area contributed by atoms with Gasteiger partial charge in [0.15, 0.2) is 0 Å². The summed E-state index contributed by atoms with van der Waals surface area (Å²) in [6.45, 7) is 4.32. The van der Waals surface area contributed by atoms with Gasteiger partial charge in [0.2, 0.25) is 0 Å². The van der Waals surface area contributed by atoms with Crippen LogP contribution in [0.15, 0.2) is 50.6 Å². The average molecular weight is 246 g/mol. The number of rotatable bonds is 5. The summed E-state index contributed by atoms with van der Waals surface area (Å²) in [5, 5.41) is 0. The van der Waals surface area contributed by atoms with E-state index in [1.54, 1.807) is 11.8 Å². The fourth-order valence-electron chi connectivity index (χ4n) is 1.74. The molecule has 2 rings (SSSR count). The molecule has 2 heteroatoms. The molecule has 1 heterocycles. The van der Waals surface area contributed by atoms with Gasteiger partial charge in [0.25, 0.3) is 0 Å². The van der Waals surface area contributed by atoms with Crippen molar-refractivity contribution in [3.05, 3.63) is 47.9 Å². The van der Waals surface area contributed by atoms with Crippen molar-refractivity contribution in [3.8, 4) is 0 Å². The van der Waals surface area contributed by atoms with E-state index < -0.39 is 0 Å². The van der Waals surface area contributed by atoms with Crippen LogP contribution in [0.25, 0.3) is 0 Å². The van der Waals surface area contributed by atoms with Crippen molar-refractivity contribution in [1.82, 2.24) is 0 Å². The molecule has 0 bridgehead atoms. The molecule has 0 saturated heterocycles. The maximum absolute atomic E-state index is 5.86. The zero-order valence-corrected chi connectivity index (χ0v) is 11.2. The van der Waals surface area contributed by atoms with Crippen LogP contribution in [0.2, 0.25) is 0 Å². The molecular weight excluding hydrogens is 228 g/mol. The van der Waals surface area contributed by atoms with Crippen LogP contribution in [0.1, 0.15) is 31.8 Å². The first-order valence-corrected chi connectivity index (χ1v) is 6.99. The fraction of sp³-hybridized carbons (Fsp3) is 0.333. The average Bonchev–Trinajstić information content (AvgIpc) is 2.74. The van der Waals surface area contributed by atoms with E-state index in [1.165, 1.54) is 9.79 Å². The first-order valence-electron chi connectivity index (χ1n) is 6.18. The van der Waals surface area contributed by atoms with Gasteiger partial charge in [-0.2, -0.15) is 0 Å². The summed E-state index contributed by atoms with van der Waals surface area (Å²) in [7, 11) is 0. The molecule has 0 amide bonds. The topological polar surface area (TPSA) is 13.1 Å². The molecule has 0 unspecified atom stereocenters. The lowest BCUT2D eigenvalue weighted by atomic mass is 10.3. The molecule has 0 aliphatic carbocycles. The molecule has 1 aromatic heterocycles. The van der Waals surface area contributed by atoms with Gasteiger partial charge in [-0.15, -0.1) is 0 Å². The quantitative estimate of drug-likeness (QED) is 0.740. The summed E-state index contributed by atoms with van der Waals surface area (Å²) in [4.78, 5) is 2.54. The van der Waals surface area contributed by atoms with Crippen LogP contribution in [0.5, 0.6) is 0 Å². The molecule has 0 fully saturated rings. The molecule has 0 aliphatic rings. The van der Waals surface area contributed by atoms with E-state index in [-0.39, 0.29) is 0 Å². The van der Waals surface area contributed by atoms with Crippen molar-refractivity contribution in [3.63, 3.8) is 0 Å². The summed E-state index contributed by atoms with van der Waals surface area (Å²) in [5.41, 5.74) is 0. The minimum Gasteiger partial charge on any atom is -0.465 e. The third-order valence-electron chi connectivity index (χ3n) is 2.62. The lowest BCUT2D eigenvalue weighted by Crippen LogP contribution is -1.81. The lowest BCUT2D eigenvalue weighted by molar-refractivity contribution is 0.461. The standard InChI is InChI=1S/C15H18OS/c1-3-8-14-15(11-12(4-2)16-14)17-13-9-6-5-7-10-13/h5-7,9-11H,3-4,8H2,1-2H3. The Hall–Kier alpha value is -1.15. The second-order valence-electron chi connectivity index (χ2n) is 4.02. The largest absolute Gasteiger partial charge is 0.465 e. The van der Waals surface area contributed by atoms with Gasteiger partial charge in [0.1, 0.15) is 11.5 Å². The number of hydrogen-bond donors (Lipinski definition) is 0. The SMILES string of the molecule is CCCc1oc(CC)cc1Sc1ccccc1. The second kappa shape index (κ2) is 5.97. The zero-order valence-electron chi connectivity index (χ0n) is 10.4. The Labute approximate surface area is 107 Å². The van der Waals surface area contributed by atoms with Gasteiger partial charge >= 0.3 is 0 Å². The molecular formula is C15H18OS. The van der Waals surface area contributed by atoms with Crippen LogP contribution in [-0.2, 0) is 12.8 Å².